The topological polar surface area (TPSA) is 21.7 Å². The van der Waals surface area contributed by atoms with Crippen molar-refractivity contribution in [1.29, 1.82) is 0 Å². The molecule has 0 saturated carbocycles. The van der Waals surface area contributed by atoms with Gasteiger partial charge in [-0.1, -0.05) is 12.1 Å². The standard InChI is InChI=1S/C17H25NO2S2/c1-19-16-4-2-3-14(9-16)10-17-11-18(5-6-20-17)15-12-21-7-8-22-13-15/h2-4,9,15,17H,5-8,10-13H2,1H3/t17-/m1/s1. The Kier molecular flexibility index (Phi) is 6.36. The molecule has 2 aliphatic rings. The van der Waals surface area contributed by atoms with Gasteiger partial charge in [0.1, 0.15) is 5.75 Å². The molecule has 2 aliphatic heterocycles. The molecule has 1 atom stereocenters. The molecule has 2 fully saturated rings. The second kappa shape index (κ2) is 8.48. The van der Waals surface area contributed by atoms with Gasteiger partial charge in [0.05, 0.1) is 19.8 Å². The first-order chi connectivity index (χ1) is 10.8. The SMILES string of the molecule is COc1cccc(C[C@@H]2CN(C3CSCCSC3)CCO2)c1. The van der Waals surface area contributed by atoms with Crippen LogP contribution in [0.4, 0.5) is 0 Å². The molecule has 1 aromatic carbocycles. The summed E-state index contributed by atoms with van der Waals surface area (Å²) in [5.41, 5.74) is 1.30. The highest BCUT2D eigenvalue weighted by atomic mass is 32.2. The van der Waals surface area contributed by atoms with Crippen LogP contribution in [-0.2, 0) is 11.2 Å². The summed E-state index contributed by atoms with van der Waals surface area (Å²) in [5, 5.41) is 0. The number of methoxy groups -OCH3 is 1. The van der Waals surface area contributed by atoms with Crippen molar-refractivity contribution in [3.63, 3.8) is 0 Å². The molecular formula is C17H25NO2S2. The van der Waals surface area contributed by atoms with Crippen LogP contribution in [-0.4, -0.2) is 66.9 Å². The van der Waals surface area contributed by atoms with Crippen molar-refractivity contribution in [2.75, 3.05) is 49.8 Å². The van der Waals surface area contributed by atoms with Gasteiger partial charge < -0.3 is 9.47 Å². The molecule has 0 N–H and O–H groups in total. The van der Waals surface area contributed by atoms with Gasteiger partial charge in [0.2, 0.25) is 0 Å². The molecule has 22 heavy (non-hydrogen) atoms. The first-order valence-corrected chi connectivity index (χ1v) is 10.3. The minimum atomic E-state index is 0.305. The van der Waals surface area contributed by atoms with E-state index in [0.29, 0.717) is 12.1 Å². The van der Waals surface area contributed by atoms with Gasteiger partial charge in [-0.05, 0) is 17.7 Å². The van der Waals surface area contributed by atoms with E-state index in [9.17, 15) is 0 Å². The van der Waals surface area contributed by atoms with Crippen LogP contribution in [0, 0.1) is 0 Å². The van der Waals surface area contributed by atoms with E-state index < -0.39 is 0 Å². The molecule has 3 rings (SSSR count). The molecule has 0 radical (unpaired) electrons. The zero-order valence-electron chi connectivity index (χ0n) is 13.2. The maximum absolute atomic E-state index is 6.01. The number of hydrogen-bond donors (Lipinski definition) is 0. The number of ether oxygens (including phenoxy) is 2. The fourth-order valence-electron chi connectivity index (χ4n) is 3.08. The minimum Gasteiger partial charge on any atom is -0.497 e. The quantitative estimate of drug-likeness (QED) is 0.839. The summed E-state index contributed by atoms with van der Waals surface area (Å²) in [6.45, 7) is 3.00. The van der Waals surface area contributed by atoms with Gasteiger partial charge in [-0.2, -0.15) is 23.5 Å². The molecule has 2 saturated heterocycles. The van der Waals surface area contributed by atoms with Gasteiger partial charge in [-0.3, -0.25) is 4.90 Å². The molecule has 0 aliphatic carbocycles. The average Bonchev–Trinajstić information content (AvgIpc) is 2.84. The number of morpholine rings is 1. The lowest BCUT2D eigenvalue weighted by molar-refractivity contribution is -0.0365. The highest BCUT2D eigenvalue weighted by Gasteiger charge is 2.27. The maximum atomic E-state index is 6.01. The summed E-state index contributed by atoms with van der Waals surface area (Å²) < 4.78 is 11.3. The van der Waals surface area contributed by atoms with Gasteiger partial charge in [-0.25, -0.2) is 0 Å². The fraction of sp³-hybridized carbons (Fsp3) is 0.647. The minimum absolute atomic E-state index is 0.305. The van der Waals surface area contributed by atoms with Gasteiger partial charge >= 0.3 is 0 Å². The van der Waals surface area contributed by atoms with Gasteiger partial charge in [0, 0.05) is 48.6 Å². The third-order valence-corrected chi connectivity index (χ3v) is 6.76. The normalized spacial score (nSPS) is 24.9. The number of thioether (sulfide) groups is 2. The van der Waals surface area contributed by atoms with E-state index in [1.54, 1.807) is 7.11 Å². The van der Waals surface area contributed by atoms with Gasteiger partial charge in [-0.15, -0.1) is 0 Å². The molecule has 0 unspecified atom stereocenters. The Morgan fingerprint density at radius 2 is 2.09 bits per heavy atom. The lowest BCUT2D eigenvalue weighted by Crippen LogP contribution is -2.50. The number of benzene rings is 1. The van der Waals surface area contributed by atoms with E-state index in [0.717, 1.165) is 31.9 Å². The van der Waals surface area contributed by atoms with Crippen molar-refractivity contribution < 1.29 is 9.47 Å². The molecule has 1 aromatic rings. The Balaban J connectivity index is 1.57. The van der Waals surface area contributed by atoms with E-state index in [-0.39, 0.29) is 0 Å². The van der Waals surface area contributed by atoms with E-state index in [1.165, 1.54) is 28.6 Å². The second-order valence-electron chi connectivity index (χ2n) is 5.85. The van der Waals surface area contributed by atoms with Crippen LogP contribution in [0.15, 0.2) is 24.3 Å². The van der Waals surface area contributed by atoms with Crippen molar-refractivity contribution >= 4 is 23.5 Å². The van der Waals surface area contributed by atoms with Crippen molar-refractivity contribution in [3.8, 4) is 5.75 Å². The third-order valence-electron chi connectivity index (χ3n) is 4.28. The van der Waals surface area contributed by atoms with Crippen molar-refractivity contribution in [1.82, 2.24) is 4.90 Å². The second-order valence-corrected chi connectivity index (χ2v) is 8.15. The predicted molar refractivity (Wildman–Crippen MR) is 96.4 cm³/mol. The molecule has 0 spiro atoms. The van der Waals surface area contributed by atoms with Crippen molar-refractivity contribution in [2.45, 2.75) is 18.6 Å². The summed E-state index contributed by atoms with van der Waals surface area (Å²) in [4.78, 5) is 2.65. The van der Waals surface area contributed by atoms with Crippen LogP contribution in [0.1, 0.15) is 5.56 Å². The Bertz CT molecular complexity index is 464. The summed E-state index contributed by atoms with van der Waals surface area (Å²) in [6, 6.07) is 9.07. The zero-order valence-corrected chi connectivity index (χ0v) is 14.8. The van der Waals surface area contributed by atoms with Gasteiger partial charge in [0.25, 0.3) is 0 Å². The van der Waals surface area contributed by atoms with Crippen LogP contribution in [0.5, 0.6) is 5.75 Å². The van der Waals surface area contributed by atoms with Crippen LogP contribution in [0.25, 0.3) is 0 Å². The Morgan fingerprint density at radius 3 is 2.86 bits per heavy atom. The summed E-state index contributed by atoms with van der Waals surface area (Å²) in [6.07, 6.45) is 1.28. The lowest BCUT2D eigenvalue weighted by Gasteiger charge is -2.37. The van der Waals surface area contributed by atoms with Crippen LogP contribution >= 0.6 is 23.5 Å². The molecule has 0 bridgehead atoms. The number of hydrogen-bond acceptors (Lipinski definition) is 5. The number of rotatable bonds is 4. The Labute approximate surface area is 142 Å². The predicted octanol–water partition coefficient (Wildman–Crippen LogP) is 2.79. The monoisotopic (exact) mass is 339 g/mol. The van der Waals surface area contributed by atoms with Gasteiger partial charge in [0.15, 0.2) is 0 Å². The van der Waals surface area contributed by atoms with Crippen molar-refractivity contribution in [2.24, 2.45) is 0 Å². The highest BCUT2D eigenvalue weighted by Crippen LogP contribution is 2.23. The van der Waals surface area contributed by atoms with Crippen LogP contribution < -0.4 is 4.74 Å². The van der Waals surface area contributed by atoms with Crippen LogP contribution in [0.2, 0.25) is 0 Å². The van der Waals surface area contributed by atoms with E-state index >= 15 is 0 Å². The Morgan fingerprint density at radius 1 is 1.27 bits per heavy atom. The number of nitrogens with zero attached hydrogens (tertiary/aromatic N) is 1. The average molecular weight is 340 g/mol. The molecule has 5 heteroatoms. The lowest BCUT2D eigenvalue weighted by atomic mass is 10.1. The van der Waals surface area contributed by atoms with E-state index in [4.69, 9.17) is 9.47 Å². The molecular weight excluding hydrogens is 314 g/mol. The molecule has 0 aromatic heterocycles. The molecule has 0 amide bonds. The zero-order chi connectivity index (χ0) is 15.2. The van der Waals surface area contributed by atoms with E-state index in [2.05, 4.69) is 46.6 Å². The first kappa shape index (κ1) is 16.5. The van der Waals surface area contributed by atoms with Crippen LogP contribution in [0.3, 0.4) is 0 Å². The van der Waals surface area contributed by atoms with E-state index in [1.807, 2.05) is 6.07 Å². The molecule has 3 nitrogen and oxygen atoms in total. The summed E-state index contributed by atoms with van der Waals surface area (Å²) >= 11 is 4.22. The molecule has 122 valence electrons. The largest absolute Gasteiger partial charge is 0.497 e. The summed E-state index contributed by atoms with van der Waals surface area (Å²) in [7, 11) is 1.72. The smallest absolute Gasteiger partial charge is 0.119 e. The first-order valence-electron chi connectivity index (χ1n) is 7.99. The third kappa shape index (κ3) is 4.57. The fourth-order valence-corrected chi connectivity index (χ4v) is 5.70. The molecule has 2 heterocycles. The highest BCUT2D eigenvalue weighted by molar-refractivity contribution is 8.03. The Hall–Kier alpha value is -0.360. The van der Waals surface area contributed by atoms with Crippen molar-refractivity contribution in [3.05, 3.63) is 29.8 Å². The summed E-state index contributed by atoms with van der Waals surface area (Å²) in [5.74, 6) is 6.09. The maximum Gasteiger partial charge on any atom is 0.119 e.